The Balaban J connectivity index is 0.987. The lowest BCUT2D eigenvalue weighted by atomic mass is 9.96. The molecule has 0 saturated carbocycles. The summed E-state index contributed by atoms with van der Waals surface area (Å²) < 4.78 is 4.79. The molecule has 0 radical (unpaired) electrons. The molecule has 3 aliphatic rings. The number of imidazole rings is 1. The van der Waals surface area contributed by atoms with Crippen LogP contribution in [-0.2, 0) is 30.5 Å². The van der Waals surface area contributed by atoms with Gasteiger partial charge >= 0.3 is 6.09 Å². The highest BCUT2D eigenvalue weighted by Crippen LogP contribution is 2.37. The maximum Gasteiger partial charge on any atom is 0.407 e. The van der Waals surface area contributed by atoms with Crippen LogP contribution in [-0.4, -0.2) is 95.2 Å². The number of carbonyl (C=O) groups is 3. The maximum atomic E-state index is 13.6. The van der Waals surface area contributed by atoms with Gasteiger partial charge < -0.3 is 29.7 Å². The molecule has 2 N–H and O–H groups in total. The Morgan fingerprint density at radius 3 is 2.03 bits per heavy atom. The summed E-state index contributed by atoms with van der Waals surface area (Å²) in [5.74, 6) is 0.547. The number of aromatic nitrogens is 2. The van der Waals surface area contributed by atoms with Crippen LogP contribution in [0.25, 0.3) is 33.5 Å². The van der Waals surface area contributed by atoms with Crippen molar-refractivity contribution in [3.05, 3.63) is 84.3 Å². The quantitative estimate of drug-likeness (QED) is 0.0610. The van der Waals surface area contributed by atoms with E-state index in [-0.39, 0.29) is 35.7 Å². The van der Waals surface area contributed by atoms with Gasteiger partial charge in [-0.3, -0.25) is 14.6 Å². The molecule has 0 bridgehead atoms. The summed E-state index contributed by atoms with van der Waals surface area (Å²) in [6, 6.07) is 21.9. The molecule has 3 aromatic carbocycles. The minimum Gasteiger partial charge on any atom is -0.453 e. The molecule has 13 nitrogen and oxygen atoms in total. The number of H-pyrrole nitrogens is 1. The first-order valence-corrected chi connectivity index (χ1v) is 20.2. The predicted octanol–water partition coefficient (Wildman–Crippen LogP) is 7.71. The van der Waals surface area contributed by atoms with E-state index < -0.39 is 18.2 Å². The largest absolute Gasteiger partial charge is 0.453 e. The van der Waals surface area contributed by atoms with Gasteiger partial charge in [0.15, 0.2) is 0 Å². The van der Waals surface area contributed by atoms with E-state index in [4.69, 9.17) is 19.6 Å². The lowest BCUT2D eigenvalue weighted by Crippen LogP contribution is -2.53. The molecule has 13 heteroatoms. The lowest BCUT2D eigenvalue weighted by molar-refractivity contribution is -0.188. The standard InChI is InChI=1S/C45H53N7O6/c1-27(2)40(47-26-58-57-6)43(53)52-22-8-10-39(52)42-46-25-37(49-42)32-17-15-30(16-18-32)29-11-13-31(14-12-29)33-19-20-35-34(23-33)24-36(48-35)38-9-7-21-51(38)44(54)41(28(3)4)50-45(55)56-5/h11-20,23,25-28,38-41H,7-10,21-22,24H2,1-6H3,(H,46,49)(H,50,55)/t38-,39-,40-,41-/m0/s1. The number of alkyl carbamates (subject to hydrolysis) is 1. The molecule has 4 atom stereocenters. The van der Waals surface area contributed by atoms with Crippen LogP contribution in [0, 0.1) is 11.8 Å². The monoisotopic (exact) mass is 787 g/mol. The number of likely N-dealkylation sites (tertiary alicyclic amines) is 2. The zero-order valence-electron chi connectivity index (χ0n) is 34.1. The summed E-state index contributed by atoms with van der Waals surface area (Å²) in [5, 5.41) is 2.73. The maximum absolute atomic E-state index is 13.6. The normalized spacial score (nSPS) is 18.8. The first-order chi connectivity index (χ1) is 28.1. The Morgan fingerprint density at radius 2 is 1.41 bits per heavy atom. The van der Waals surface area contributed by atoms with Crippen molar-refractivity contribution in [3.63, 3.8) is 0 Å². The predicted molar refractivity (Wildman–Crippen MR) is 223 cm³/mol. The Bertz CT molecular complexity index is 2160. The highest BCUT2D eigenvalue weighted by molar-refractivity contribution is 6.01. The molecule has 3 aliphatic heterocycles. The van der Waals surface area contributed by atoms with E-state index in [1.165, 1.54) is 20.6 Å². The molecule has 0 spiro atoms. The van der Waals surface area contributed by atoms with Gasteiger partial charge in [0.05, 0.1) is 43.9 Å². The molecule has 2 fully saturated rings. The Labute approximate surface area is 339 Å². The average molecular weight is 788 g/mol. The molecule has 7 rings (SSSR count). The number of fused-ring (bicyclic) bond motifs is 1. The first kappa shape index (κ1) is 40.4. The Morgan fingerprint density at radius 1 is 0.810 bits per heavy atom. The number of nitrogens with zero attached hydrogens (tertiary/aromatic N) is 5. The van der Waals surface area contributed by atoms with Gasteiger partial charge in [0.25, 0.3) is 0 Å². The van der Waals surface area contributed by atoms with Gasteiger partial charge in [0, 0.05) is 25.2 Å². The number of carbonyl (C=O) groups excluding carboxylic acids is 3. The number of hydrogen-bond donors (Lipinski definition) is 2. The Hall–Kier alpha value is -5.82. The number of amides is 3. The van der Waals surface area contributed by atoms with Crippen LogP contribution in [0.4, 0.5) is 10.5 Å². The van der Waals surface area contributed by atoms with Gasteiger partial charge in [0.2, 0.25) is 18.2 Å². The summed E-state index contributed by atoms with van der Waals surface area (Å²) >= 11 is 0. The molecule has 0 aliphatic carbocycles. The molecule has 4 heterocycles. The number of benzene rings is 3. The van der Waals surface area contributed by atoms with Crippen LogP contribution in [0.15, 0.2) is 82.9 Å². The zero-order valence-corrected chi connectivity index (χ0v) is 34.1. The van der Waals surface area contributed by atoms with Crippen LogP contribution in [0.5, 0.6) is 0 Å². The van der Waals surface area contributed by atoms with Gasteiger partial charge in [-0.15, -0.1) is 0 Å². The third-order valence-electron chi connectivity index (χ3n) is 11.5. The molecule has 2 saturated heterocycles. The summed E-state index contributed by atoms with van der Waals surface area (Å²) in [5.41, 5.74) is 9.44. The molecule has 58 heavy (non-hydrogen) atoms. The summed E-state index contributed by atoms with van der Waals surface area (Å²) in [6.45, 7) is 9.08. The first-order valence-electron chi connectivity index (χ1n) is 20.2. The summed E-state index contributed by atoms with van der Waals surface area (Å²) in [6.07, 6.45) is 6.58. The number of hydrogen-bond acceptors (Lipinski definition) is 9. The number of nitrogens with one attached hydrogen (secondary N) is 2. The SMILES string of the molecule is COOC=N[C@H](C(=O)N1CCC[C@H]1c1ncc(-c2ccc(-c3ccc(-c4ccc5c(c4)CC([C@@H]4CCCN4C(=O)[C@@H](NC(=O)OC)C(C)C)=N5)cc3)cc2)[nH]1)C(C)C. The molecule has 3 amide bonds. The van der Waals surface area contributed by atoms with Crippen LogP contribution in [0.1, 0.15) is 70.8 Å². The highest BCUT2D eigenvalue weighted by Gasteiger charge is 2.39. The third-order valence-corrected chi connectivity index (χ3v) is 11.5. The van der Waals surface area contributed by atoms with Gasteiger partial charge in [-0.05, 0) is 83.0 Å². The molecular formula is C45H53N7O6. The third kappa shape index (κ3) is 8.54. The van der Waals surface area contributed by atoms with Gasteiger partial charge in [-0.1, -0.05) is 82.3 Å². The number of ether oxygens (including phenoxy) is 1. The van der Waals surface area contributed by atoms with Crippen molar-refractivity contribution in [1.29, 1.82) is 0 Å². The Kier molecular flexibility index (Phi) is 12.4. The van der Waals surface area contributed by atoms with Crippen molar-refractivity contribution in [3.8, 4) is 33.5 Å². The molecule has 1 aromatic heterocycles. The van der Waals surface area contributed by atoms with Gasteiger partial charge in [-0.2, -0.15) is 4.89 Å². The number of methoxy groups -OCH3 is 1. The second-order valence-corrected chi connectivity index (χ2v) is 15.9. The van der Waals surface area contributed by atoms with Crippen molar-refractivity contribution in [2.45, 2.75) is 84.0 Å². The number of aliphatic imine (C=N–C) groups is 2. The summed E-state index contributed by atoms with van der Waals surface area (Å²) in [4.78, 5) is 69.9. The van der Waals surface area contributed by atoms with E-state index in [1.807, 2.05) is 43.7 Å². The van der Waals surface area contributed by atoms with E-state index >= 15 is 0 Å². The van der Waals surface area contributed by atoms with Crippen molar-refractivity contribution < 1.29 is 28.9 Å². The van der Waals surface area contributed by atoms with E-state index in [0.717, 1.165) is 82.0 Å². The van der Waals surface area contributed by atoms with E-state index in [9.17, 15) is 14.4 Å². The van der Waals surface area contributed by atoms with Crippen molar-refractivity contribution in [2.24, 2.45) is 21.8 Å². The second kappa shape index (κ2) is 17.8. The van der Waals surface area contributed by atoms with Crippen LogP contribution in [0.3, 0.4) is 0 Å². The fourth-order valence-corrected chi connectivity index (χ4v) is 8.34. The van der Waals surface area contributed by atoms with E-state index in [1.54, 1.807) is 0 Å². The van der Waals surface area contributed by atoms with Crippen LogP contribution < -0.4 is 5.32 Å². The topological polar surface area (TPSA) is 151 Å². The summed E-state index contributed by atoms with van der Waals surface area (Å²) in [7, 11) is 2.70. The van der Waals surface area contributed by atoms with Gasteiger partial charge in [-0.25, -0.2) is 14.8 Å². The van der Waals surface area contributed by atoms with E-state index in [0.29, 0.717) is 19.5 Å². The van der Waals surface area contributed by atoms with Crippen LogP contribution >= 0.6 is 0 Å². The van der Waals surface area contributed by atoms with Crippen molar-refractivity contribution in [1.82, 2.24) is 25.1 Å². The smallest absolute Gasteiger partial charge is 0.407 e. The van der Waals surface area contributed by atoms with Crippen molar-refractivity contribution >= 4 is 35.7 Å². The molecule has 0 unspecified atom stereocenters. The minimum atomic E-state index is -0.657. The lowest BCUT2D eigenvalue weighted by Gasteiger charge is -2.30. The fraction of sp³-hybridized carbons (Fsp3) is 0.422. The van der Waals surface area contributed by atoms with Gasteiger partial charge in [0.1, 0.15) is 17.9 Å². The second-order valence-electron chi connectivity index (χ2n) is 15.9. The zero-order chi connectivity index (χ0) is 40.9. The molecule has 4 aromatic rings. The van der Waals surface area contributed by atoms with E-state index in [2.05, 4.69) is 86.9 Å². The average Bonchev–Trinajstić information content (AvgIpc) is 4.07. The fourth-order valence-electron chi connectivity index (χ4n) is 8.34. The van der Waals surface area contributed by atoms with Crippen LogP contribution in [0.2, 0.25) is 0 Å². The number of rotatable bonds is 13. The molecule has 304 valence electrons. The highest BCUT2D eigenvalue weighted by atomic mass is 17.2. The number of aromatic amines is 1. The van der Waals surface area contributed by atoms with Crippen molar-refractivity contribution in [2.75, 3.05) is 27.3 Å². The minimum absolute atomic E-state index is 0.00602. The molecular weight excluding hydrogens is 735 g/mol.